The number of unbranched alkanes of at least 4 members (excludes halogenated alkanes) is 6. The van der Waals surface area contributed by atoms with Crippen LogP contribution in [0.2, 0.25) is 0 Å². The van der Waals surface area contributed by atoms with E-state index in [1.807, 2.05) is 0 Å². The van der Waals surface area contributed by atoms with Gasteiger partial charge in [-0.05, 0) is 19.3 Å². The number of nitrogens with one attached hydrogen (secondary N) is 1. The molecule has 1 atom stereocenters. The van der Waals surface area contributed by atoms with Crippen molar-refractivity contribution in [2.45, 2.75) is 102 Å². The van der Waals surface area contributed by atoms with Gasteiger partial charge in [0.1, 0.15) is 5.38 Å². The molecule has 1 saturated carbocycles. The largest absolute Gasteiger partial charge is 0.352 e. The smallest absolute Gasteiger partial charge is 0.238 e. The van der Waals surface area contributed by atoms with Crippen LogP contribution in [0.5, 0.6) is 0 Å². The van der Waals surface area contributed by atoms with E-state index in [0.717, 1.165) is 25.7 Å². The van der Waals surface area contributed by atoms with Crippen molar-refractivity contribution in [3.63, 3.8) is 0 Å². The lowest BCUT2D eigenvalue weighted by Crippen LogP contribution is -2.40. The third-order valence-electron chi connectivity index (χ3n) is 4.30. The highest BCUT2D eigenvalue weighted by Crippen LogP contribution is 2.18. The lowest BCUT2D eigenvalue weighted by atomic mass is 9.95. The number of rotatable bonds is 10. The Balaban J connectivity index is 2.00. The standard InChI is InChI=1S/C17H32ClNO/c1-2-3-4-5-6-7-11-14-16(18)17(20)19-15-12-9-8-10-13-15/h15-16H,2-14H2,1H3,(H,19,20). The number of carbonyl (C=O) groups excluding carboxylic acids is 1. The van der Waals surface area contributed by atoms with Crippen molar-refractivity contribution < 1.29 is 4.79 Å². The van der Waals surface area contributed by atoms with E-state index in [2.05, 4.69) is 12.2 Å². The van der Waals surface area contributed by atoms with E-state index in [-0.39, 0.29) is 11.3 Å². The Morgan fingerprint density at radius 1 is 1.05 bits per heavy atom. The first-order valence-electron chi connectivity index (χ1n) is 8.68. The van der Waals surface area contributed by atoms with Crippen molar-refractivity contribution in [1.82, 2.24) is 5.32 Å². The molecule has 1 aliphatic carbocycles. The maximum atomic E-state index is 12.0. The summed E-state index contributed by atoms with van der Waals surface area (Å²) in [5.41, 5.74) is 0. The predicted octanol–water partition coefficient (Wildman–Crippen LogP) is 5.18. The molecule has 0 spiro atoms. The summed E-state index contributed by atoms with van der Waals surface area (Å²) in [4.78, 5) is 12.0. The van der Waals surface area contributed by atoms with Gasteiger partial charge in [0.15, 0.2) is 0 Å². The van der Waals surface area contributed by atoms with E-state index in [9.17, 15) is 4.79 Å². The van der Waals surface area contributed by atoms with E-state index in [4.69, 9.17) is 11.6 Å². The molecule has 2 nitrogen and oxygen atoms in total. The zero-order valence-electron chi connectivity index (χ0n) is 13.1. The fraction of sp³-hybridized carbons (Fsp3) is 0.941. The minimum Gasteiger partial charge on any atom is -0.352 e. The summed E-state index contributed by atoms with van der Waals surface area (Å²) in [6.07, 6.45) is 15.8. The van der Waals surface area contributed by atoms with Crippen LogP contribution >= 0.6 is 11.6 Å². The van der Waals surface area contributed by atoms with E-state index in [0.29, 0.717) is 6.04 Å². The topological polar surface area (TPSA) is 29.1 Å². The van der Waals surface area contributed by atoms with Crippen LogP contribution in [-0.4, -0.2) is 17.3 Å². The summed E-state index contributed by atoms with van der Waals surface area (Å²) in [5.74, 6) is 0.0598. The molecule has 1 aliphatic rings. The maximum Gasteiger partial charge on any atom is 0.238 e. The van der Waals surface area contributed by atoms with Gasteiger partial charge in [0.25, 0.3) is 0 Å². The zero-order valence-corrected chi connectivity index (χ0v) is 13.9. The third-order valence-corrected chi connectivity index (χ3v) is 4.71. The summed E-state index contributed by atoms with van der Waals surface area (Å²) in [7, 11) is 0. The number of amides is 1. The van der Waals surface area contributed by atoms with Gasteiger partial charge in [0.2, 0.25) is 5.91 Å². The predicted molar refractivity (Wildman–Crippen MR) is 87.3 cm³/mol. The number of carbonyl (C=O) groups is 1. The highest BCUT2D eigenvalue weighted by atomic mass is 35.5. The molecule has 20 heavy (non-hydrogen) atoms. The van der Waals surface area contributed by atoms with Crippen LogP contribution in [0.15, 0.2) is 0 Å². The molecule has 0 aromatic heterocycles. The van der Waals surface area contributed by atoms with Gasteiger partial charge >= 0.3 is 0 Å². The monoisotopic (exact) mass is 301 g/mol. The van der Waals surface area contributed by atoms with Crippen molar-refractivity contribution in [3.05, 3.63) is 0 Å². The number of alkyl halides is 1. The molecule has 0 heterocycles. The second-order valence-corrected chi connectivity index (χ2v) is 6.75. The second-order valence-electron chi connectivity index (χ2n) is 6.22. The maximum absolute atomic E-state index is 12.0. The Bertz CT molecular complexity index is 251. The van der Waals surface area contributed by atoms with E-state index < -0.39 is 0 Å². The lowest BCUT2D eigenvalue weighted by Gasteiger charge is -2.23. The van der Waals surface area contributed by atoms with Crippen molar-refractivity contribution in [1.29, 1.82) is 0 Å². The Hall–Kier alpha value is -0.240. The van der Waals surface area contributed by atoms with Crippen LogP contribution in [0.3, 0.4) is 0 Å². The van der Waals surface area contributed by atoms with E-state index in [1.54, 1.807) is 0 Å². The fourth-order valence-electron chi connectivity index (χ4n) is 2.95. The summed E-state index contributed by atoms with van der Waals surface area (Å²) >= 11 is 6.20. The summed E-state index contributed by atoms with van der Waals surface area (Å²) < 4.78 is 0. The molecule has 0 bridgehead atoms. The first-order valence-corrected chi connectivity index (χ1v) is 9.12. The van der Waals surface area contributed by atoms with Gasteiger partial charge in [-0.2, -0.15) is 0 Å². The van der Waals surface area contributed by atoms with Gasteiger partial charge < -0.3 is 5.32 Å². The second kappa shape index (κ2) is 11.4. The first kappa shape index (κ1) is 17.8. The first-order chi connectivity index (χ1) is 9.74. The minimum atomic E-state index is -0.326. The van der Waals surface area contributed by atoms with Crippen LogP contribution in [0.1, 0.15) is 90.4 Å². The van der Waals surface area contributed by atoms with Crippen LogP contribution in [-0.2, 0) is 4.79 Å². The highest BCUT2D eigenvalue weighted by Gasteiger charge is 2.20. The Kier molecular flexibility index (Phi) is 10.2. The SMILES string of the molecule is CCCCCCCCCC(Cl)C(=O)NC1CCCCC1. The Labute approximate surface area is 130 Å². The number of hydrogen-bond donors (Lipinski definition) is 1. The molecule has 0 radical (unpaired) electrons. The van der Waals surface area contributed by atoms with Crippen molar-refractivity contribution in [2.24, 2.45) is 0 Å². The minimum absolute atomic E-state index is 0.0598. The molecule has 0 aliphatic heterocycles. The molecule has 118 valence electrons. The molecule has 1 amide bonds. The molecule has 3 heteroatoms. The van der Waals surface area contributed by atoms with Gasteiger partial charge in [-0.15, -0.1) is 11.6 Å². The third kappa shape index (κ3) is 8.14. The number of hydrogen-bond acceptors (Lipinski definition) is 1. The van der Waals surface area contributed by atoms with Gasteiger partial charge in [-0.3, -0.25) is 4.79 Å². The van der Waals surface area contributed by atoms with E-state index >= 15 is 0 Å². The molecular weight excluding hydrogens is 270 g/mol. The molecule has 1 rings (SSSR count). The average molecular weight is 302 g/mol. The molecule has 0 aromatic rings. The summed E-state index contributed by atoms with van der Waals surface area (Å²) in [6.45, 7) is 2.24. The van der Waals surface area contributed by atoms with Gasteiger partial charge in [-0.1, -0.05) is 71.1 Å². The molecular formula is C17H32ClNO. The van der Waals surface area contributed by atoms with Gasteiger partial charge in [0, 0.05) is 6.04 Å². The van der Waals surface area contributed by atoms with Crippen LogP contribution in [0, 0.1) is 0 Å². The molecule has 1 unspecified atom stereocenters. The normalized spacial score (nSPS) is 17.9. The van der Waals surface area contributed by atoms with Crippen LogP contribution < -0.4 is 5.32 Å². The molecule has 1 fully saturated rings. The average Bonchev–Trinajstić information content (AvgIpc) is 2.47. The van der Waals surface area contributed by atoms with Gasteiger partial charge in [0.05, 0.1) is 0 Å². The molecule has 0 saturated heterocycles. The van der Waals surface area contributed by atoms with Crippen molar-refractivity contribution in [2.75, 3.05) is 0 Å². The van der Waals surface area contributed by atoms with Crippen molar-refractivity contribution >= 4 is 17.5 Å². The lowest BCUT2D eigenvalue weighted by molar-refractivity contribution is -0.121. The zero-order chi connectivity index (χ0) is 14.6. The van der Waals surface area contributed by atoms with Crippen LogP contribution in [0.25, 0.3) is 0 Å². The Morgan fingerprint density at radius 3 is 2.30 bits per heavy atom. The fourth-order valence-corrected chi connectivity index (χ4v) is 3.17. The summed E-state index contributed by atoms with van der Waals surface area (Å²) in [5, 5.41) is 2.79. The number of halogens is 1. The van der Waals surface area contributed by atoms with Crippen LogP contribution in [0.4, 0.5) is 0 Å². The quantitative estimate of drug-likeness (QED) is 0.437. The van der Waals surface area contributed by atoms with Crippen molar-refractivity contribution in [3.8, 4) is 0 Å². The molecule has 0 aromatic carbocycles. The van der Waals surface area contributed by atoms with E-state index in [1.165, 1.54) is 57.8 Å². The highest BCUT2D eigenvalue weighted by molar-refractivity contribution is 6.30. The van der Waals surface area contributed by atoms with Gasteiger partial charge in [-0.25, -0.2) is 0 Å². The molecule has 1 N–H and O–H groups in total. The summed E-state index contributed by atoms with van der Waals surface area (Å²) in [6, 6.07) is 0.381. The Morgan fingerprint density at radius 2 is 1.65 bits per heavy atom.